The van der Waals surface area contributed by atoms with E-state index in [4.69, 9.17) is 26.3 Å². The number of ether oxygens (including phenoxy) is 1. The van der Waals surface area contributed by atoms with E-state index in [9.17, 15) is 9.59 Å². The van der Waals surface area contributed by atoms with Crippen molar-refractivity contribution >= 4 is 40.2 Å². The highest BCUT2D eigenvalue weighted by atomic mass is 35.5. The Morgan fingerprint density at radius 3 is 2.64 bits per heavy atom. The Labute approximate surface area is 281 Å². The van der Waals surface area contributed by atoms with E-state index in [-0.39, 0.29) is 23.6 Å². The van der Waals surface area contributed by atoms with E-state index < -0.39 is 0 Å². The normalized spacial score (nSPS) is 17.3. The third kappa shape index (κ3) is 6.74. The molecule has 2 aliphatic heterocycles. The highest BCUT2D eigenvalue weighted by Crippen LogP contribution is 2.38. The first kappa shape index (κ1) is 33.0. The predicted octanol–water partition coefficient (Wildman–Crippen LogP) is 7.30. The van der Waals surface area contributed by atoms with Gasteiger partial charge in [-0.15, -0.1) is 0 Å². The van der Waals surface area contributed by atoms with E-state index in [0.717, 1.165) is 61.2 Å². The summed E-state index contributed by atoms with van der Waals surface area (Å²) in [4.78, 5) is 39.0. The Kier molecular flexibility index (Phi) is 9.85. The Morgan fingerprint density at radius 1 is 1.15 bits per heavy atom. The molecule has 0 bridgehead atoms. The SMILES string of the molecule is CCC(=O)N1CCCC(n2c(=O)c(-c3ccccc3Cl)c(C)c3cnc(Nc4cc(C)c(C5CCNCC5)cc4OC(C)C)nc32)C1. The number of pyridine rings is 1. The third-order valence-electron chi connectivity index (χ3n) is 9.52. The summed E-state index contributed by atoms with van der Waals surface area (Å²) in [6.45, 7) is 13.2. The number of benzene rings is 2. The summed E-state index contributed by atoms with van der Waals surface area (Å²) in [5.41, 5.74) is 5.62. The quantitative estimate of drug-likeness (QED) is 0.205. The first-order chi connectivity index (χ1) is 22.7. The van der Waals surface area contributed by atoms with Gasteiger partial charge >= 0.3 is 0 Å². The average molecular weight is 657 g/mol. The first-order valence-corrected chi connectivity index (χ1v) is 17.3. The van der Waals surface area contributed by atoms with Crippen LogP contribution in [0.1, 0.15) is 81.5 Å². The van der Waals surface area contributed by atoms with Crippen LogP contribution in [0.3, 0.4) is 0 Å². The average Bonchev–Trinajstić information content (AvgIpc) is 3.06. The predicted molar refractivity (Wildman–Crippen MR) is 189 cm³/mol. The van der Waals surface area contributed by atoms with Gasteiger partial charge in [-0.3, -0.25) is 14.2 Å². The standard InChI is InChI=1S/C37H45ClN6O3/c1-6-33(45)43-17-9-10-26(21-43)44-35-29(24(5)34(36(44)46)27-11-7-8-12-30(27)38)20-40-37(42-35)41-31-18-23(4)28(19-32(31)47-22(2)3)25-13-15-39-16-14-25/h7-8,11-12,18-20,22,25-26,39H,6,9-10,13-17,21H2,1-5H3,(H,40,41,42). The van der Waals surface area contributed by atoms with Crippen molar-refractivity contribution in [1.29, 1.82) is 0 Å². The minimum Gasteiger partial charge on any atom is -0.489 e. The Bertz CT molecular complexity index is 1850. The number of carbonyl (C=O) groups is 1. The molecule has 10 heteroatoms. The van der Waals surface area contributed by atoms with Gasteiger partial charge in [0.15, 0.2) is 0 Å². The number of rotatable bonds is 8. The molecular formula is C37H45ClN6O3. The molecule has 2 N–H and O–H groups in total. The Morgan fingerprint density at radius 2 is 1.91 bits per heavy atom. The number of fused-ring (bicyclic) bond motifs is 1. The largest absolute Gasteiger partial charge is 0.489 e. The summed E-state index contributed by atoms with van der Waals surface area (Å²) < 4.78 is 8.11. The molecule has 0 spiro atoms. The summed E-state index contributed by atoms with van der Waals surface area (Å²) in [6, 6.07) is 11.5. The van der Waals surface area contributed by atoms with E-state index in [1.165, 1.54) is 11.1 Å². The second-order valence-electron chi connectivity index (χ2n) is 13.1. The molecule has 2 aromatic heterocycles. The number of hydrogen-bond acceptors (Lipinski definition) is 7. The fourth-order valence-corrected chi connectivity index (χ4v) is 7.40. The lowest BCUT2D eigenvalue weighted by molar-refractivity contribution is -0.132. The summed E-state index contributed by atoms with van der Waals surface area (Å²) in [5.74, 6) is 1.70. The number of hydrogen-bond donors (Lipinski definition) is 2. The zero-order valence-electron chi connectivity index (χ0n) is 28.0. The number of likely N-dealkylation sites (tertiary alicyclic amines) is 1. The van der Waals surface area contributed by atoms with Gasteiger partial charge in [-0.25, -0.2) is 4.98 Å². The van der Waals surface area contributed by atoms with Gasteiger partial charge in [0.05, 0.1) is 23.4 Å². The van der Waals surface area contributed by atoms with Crippen molar-refractivity contribution in [3.05, 3.63) is 74.7 Å². The first-order valence-electron chi connectivity index (χ1n) is 16.9. The van der Waals surface area contributed by atoms with Crippen molar-refractivity contribution in [3.8, 4) is 16.9 Å². The maximum atomic E-state index is 14.6. The topological polar surface area (TPSA) is 101 Å². The number of piperidine rings is 2. The van der Waals surface area contributed by atoms with Gasteiger partial charge in [0.25, 0.3) is 5.56 Å². The van der Waals surface area contributed by atoms with Crippen molar-refractivity contribution in [2.24, 2.45) is 0 Å². The number of halogens is 1. The second-order valence-corrected chi connectivity index (χ2v) is 13.5. The van der Waals surface area contributed by atoms with Crippen molar-refractivity contribution in [3.63, 3.8) is 0 Å². The molecule has 9 nitrogen and oxygen atoms in total. The number of aryl methyl sites for hydroxylation is 2. The lowest BCUT2D eigenvalue weighted by atomic mass is 9.87. The van der Waals surface area contributed by atoms with E-state index in [0.29, 0.717) is 53.2 Å². The van der Waals surface area contributed by atoms with Crippen LogP contribution >= 0.6 is 11.6 Å². The van der Waals surface area contributed by atoms with Crippen LogP contribution in [0.2, 0.25) is 5.02 Å². The number of amides is 1. The second kappa shape index (κ2) is 14.0. The van der Waals surface area contributed by atoms with Gasteiger partial charge < -0.3 is 20.3 Å². The maximum absolute atomic E-state index is 14.6. The minimum atomic E-state index is -0.245. The zero-order chi connectivity index (χ0) is 33.2. The van der Waals surface area contributed by atoms with Crippen LogP contribution in [0.4, 0.5) is 11.6 Å². The fourth-order valence-electron chi connectivity index (χ4n) is 7.17. The van der Waals surface area contributed by atoms with Crippen LogP contribution in [0.25, 0.3) is 22.2 Å². The number of anilines is 2. The highest BCUT2D eigenvalue weighted by Gasteiger charge is 2.29. The molecular weight excluding hydrogens is 612 g/mol. The van der Waals surface area contributed by atoms with Gasteiger partial charge in [-0.05, 0) is 107 Å². The molecule has 4 heterocycles. The monoisotopic (exact) mass is 656 g/mol. The van der Waals surface area contributed by atoms with Crippen LogP contribution in [-0.2, 0) is 4.79 Å². The smallest absolute Gasteiger partial charge is 0.260 e. The van der Waals surface area contributed by atoms with Crippen LogP contribution in [0.5, 0.6) is 5.75 Å². The molecule has 4 aromatic rings. The van der Waals surface area contributed by atoms with E-state index in [1.54, 1.807) is 16.8 Å². The van der Waals surface area contributed by atoms with Gasteiger partial charge in [0, 0.05) is 41.7 Å². The van der Waals surface area contributed by atoms with Crippen molar-refractivity contribution < 1.29 is 9.53 Å². The van der Waals surface area contributed by atoms with Crippen LogP contribution in [-0.4, -0.2) is 57.6 Å². The molecule has 1 unspecified atom stereocenters. The molecule has 0 saturated carbocycles. The minimum absolute atomic E-state index is 0.0206. The van der Waals surface area contributed by atoms with Crippen molar-refractivity contribution in [2.75, 3.05) is 31.5 Å². The molecule has 2 aromatic carbocycles. The van der Waals surface area contributed by atoms with Gasteiger partial charge in [-0.1, -0.05) is 36.7 Å². The lowest BCUT2D eigenvalue weighted by Crippen LogP contribution is -2.43. The van der Waals surface area contributed by atoms with Gasteiger partial charge in [-0.2, -0.15) is 4.98 Å². The molecule has 2 saturated heterocycles. The molecule has 47 heavy (non-hydrogen) atoms. The zero-order valence-corrected chi connectivity index (χ0v) is 28.8. The molecule has 6 rings (SSSR count). The molecule has 2 fully saturated rings. The van der Waals surface area contributed by atoms with Gasteiger partial charge in [0.1, 0.15) is 11.4 Å². The summed E-state index contributed by atoms with van der Waals surface area (Å²) in [5, 5.41) is 8.17. The van der Waals surface area contributed by atoms with Gasteiger partial charge in [0.2, 0.25) is 11.9 Å². The van der Waals surface area contributed by atoms with Crippen LogP contribution in [0.15, 0.2) is 47.4 Å². The number of nitrogens with one attached hydrogen (secondary N) is 2. The Balaban J connectivity index is 1.48. The summed E-state index contributed by atoms with van der Waals surface area (Å²) in [7, 11) is 0. The lowest BCUT2D eigenvalue weighted by Gasteiger charge is -2.34. The van der Waals surface area contributed by atoms with E-state index in [2.05, 4.69) is 29.7 Å². The number of nitrogens with zero attached hydrogens (tertiary/aromatic N) is 4. The maximum Gasteiger partial charge on any atom is 0.260 e. The summed E-state index contributed by atoms with van der Waals surface area (Å²) in [6.07, 6.45) is 5.93. The molecule has 0 radical (unpaired) electrons. The van der Waals surface area contributed by atoms with Crippen LogP contribution in [0, 0.1) is 13.8 Å². The number of carbonyl (C=O) groups excluding carboxylic acids is 1. The van der Waals surface area contributed by atoms with E-state index in [1.807, 2.05) is 50.8 Å². The van der Waals surface area contributed by atoms with Crippen LogP contribution < -0.4 is 20.9 Å². The van der Waals surface area contributed by atoms with Crippen molar-refractivity contribution in [2.45, 2.75) is 84.8 Å². The molecule has 1 atom stereocenters. The number of aromatic nitrogens is 3. The fraction of sp³-hybridized carbons (Fsp3) is 0.459. The molecule has 1 amide bonds. The molecule has 2 aliphatic rings. The highest BCUT2D eigenvalue weighted by molar-refractivity contribution is 6.33. The van der Waals surface area contributed by atoms with Crippen molar-refractivity contribution in [1.82, 2.24) is 24.8 Å². The molecule has 0 aliphatic carbocycles. The Hall–Kier alpha value is -3.95. The third-order valence-corrected chi connectivity index (χ3v) is 9.85. The summed E-state index contributed by atoms with van der Waals surface area (Å²) >= 11 is 6.66. The van der Waals surface area contributed by atoms with E-state index >= 15 is 0 Å². The molecule has 248 valence electrons.